The van der Waals surface area contributed by atoms with Crippen LogP contribution in [-0.4, -0.2) is 35.8 Å². The van der Waals surface area contributed by atoms with Gasteiger partial charge in [-0.2, -0.15) is 0 Å². The smallest absolute Gasteiger partial charge is 0.231 e. The second-order valence-corrected chi connectivity index (χ2v) is 5.93. The first-order valence-electron chi connectivity index (χ1n) is 8.34. The highest BCUT2D eigenvalue weighted by Crippen LogP contribution is 2.36. The van der Waals surface area contributed by atoms with E-state index < -0.39 is 0 Å². The van der Waals surface area contributed by atoms with Gasteiger partial charge in [-0.1, -0.05) is 12.1 Å². The molecular weight excluding hydrogens is 332 g/mol. The summed E-state index contributed by atoms with van der Waals surface area (Å²) >= 11 is 0. The van der Waals surface area contributed by atoms with Crippen molar-refractivity contribution in [3.05, 3.63) is 42.7 Å². The second kappa shape index (κ2) is 6.87. The number of rotatable bonds is 5. The molecule has 132 valence electrons. The molecule has 4 rings (SSSR count). The predicted molar refractivity (Wildman–Crippen MR) is 98.3 cm³/mol. The van der Waals surface area contributed by atoms with E-state index in [1.165, 1.54) is 13.3 Å². The molecule has 0 fully saturated rings. The molecule has 2 aromatic carbocycles. The number of nitrogens with zero attached hydrogens (tertiary/aromatic N) is 2. The fraction of sp³-hybridized carbons (Fsp3) is 0.211. The van der Waals surface area contributed by atoms with Crippen LogP contribution in [-0.2, 0) is 4.79 Å². The van der Waals surface area contributed by atoms with E-state index in [1.807, 2.05) is 36.4 Å². The van der Waals surface area contributed by atoms with Gasteiger partial charge in [0.15, 0.2) is 11.5 Å². The third-order valence-electron chi connectivity index (χ3n) is 4.13. The number of hydrogen-bond acceptors (Lipinski definition) is 6. The van der Waals surface area contributed by atoms with Crippen LogP contribution in [0.4, 0.5) is 5.82 Å². The van der Waals surface area contributed by atoms with Gasteiger partial charge in [-0.3, -0.25) is 4.79 Å². The Morgan fingerprint density at radius 3 is 2.73 bits per heavy atom. The number of benzene rings is 2. The van der Waals surface area contributed by atoms with Gasteiger partial charge in [0.05, 0.1) is 5.52 Å². The Kier molecular flexibility index (Phi) is 4.27. The topological polar surface area (TPSA) is 85.4 Å². The average molecular weight is 350 g/mol. The molecule has 0 saturated carbocycles. The highest BCUT2D eigenvalue weighted by atomic mass is 16.7. The molecule has 7 nitrogen and oxygen atoms in total. The number of ether oxygens (including phenoxy) is 2. The number of fused-ring (bicyclic) bond motifs is 2. The Morgan fingerprint density at radius 1 is 1.04 bits per heavy atom. The van der Waals surface area contributed by atoms with Crippen LogP contribution in [0, 0.1) is 0 Å². The highest BCUT2D eigenvalue weighted by molar-refractivity contribution is 5.92. The van der Waals surface area contributed by atoms with Gasteiger partial charge in [0.2, 0.25) is 12.7 Å². The third-order valence-corrected chi connectivity index (χ3v) is 4.13. The van der Waals surface area contributed by atoms with Crippen molar-refractivity contribution in [2.45, 2.75) is 6.92 Å². The van der Waals surface area contributed by atoms with Crippen molar-refractivity contribution < 1.29 is 14.3 Å². The Labute approximate surface area is 150 Å². The zero-order valence-corrected chi connectivity index (χ0v) is 14.3. The molecule has 0 bridgehead atoms. The molecule has 26 heavy (non-hydrogen) atoms. The van der Waals surface area contributed by atoms with Crippen molar-refractivity contribution >= 4 is 22.6 Å². The fourth-order valence-corrected chi connectivity index (χ4v) is 2.87. The molecule has 1 amide bonds. The summed E-state index contributed by atoms with van der Waals surface area (Å²) in [5.41, 5.74) is 2.92. The number of aromatic nitrogens is 2. The Hall–Kier alpha value is -3.35. The van der Waals surface area contributed by atoms with E-state index in [-0.39, 0.29) is 12.7 Å². The monoisotopic (exact) mass is 350 g/mol. The molecule has 1 aliphatic heterocycles. The van der Waals surface area contributed by atoms with E-state index in [4.69, 9.17) is 9.47 Å². The highest BCUT2D eigenvalue weighted by Gasteiger charge is 2.14. The number of nitrogens with one attached hydrogen (secondary N) is 2. The third kappa shape index (κ3) is 3.23. The number of hydrogen-bond donors (Lipinski definition) is 2. The number of amides is 1. The molecule has 3 aromatic rings. The zero-order valence-electron chi connectivity index (χ0n) is 14.3. The summed E-state index contributed by atoms with van der Waals surface area (Å²) in [4.78, 5) is 19.6. The molecule has 0 spiro atoms. The molecule has 1 aliphatic rings. The van der Waals surface area contributed by atoms with Crippen LogP contribution in [0.3, 0.4) is 0 Å². The van der Waals surface area contributed by atoms with Crippen LogP contribution in [0.15, 0.2) is 42.7 Å². The molecule has 1 aromatic heterocycles. The largest absolute Gasteiger partial charge is 0.454 e. The molecular formula is C19H18N4O3. The predicted octanol–water partition coefficient (Wildman–Crippen LogP) is 2.57. The maximum Gasteiger partial charge on any atom is 0.231 e. The summed E-state index contributed by atoms with van der Waals surface area (Å²) in [5, 5.41) is 6.93. The van der Waals surface area contributed by atoms with Gasteiger partial charge < -0.3 is 20.1 Å². The van der Waals surface area contributed by atoms with Crippen LogP contribution >= 0.6 is 0 Å². The van der Waals surface area contributed by atoms with E-state index in [1.54, 1.807) is 0 Å². The van der Waals surface area contributed by atoms with Gasteiger partial charge in [0.1, 0.15) is 12.1 Å². The van der Waals surface area contributed by atoms with Crippen molar-refractivity contribution in [3.8, 4) is 22.6 Å². The molecule has 0 aliphatic carbocycles. The van der Waals surface area contributed by atoms with Gasteiger partial charge in [0.25, 0.3) is 0 Å². The van der Waals surface area contributed by atoms with Crippen LogP contribution in [0.1, 0.15) is 6.92 Å². The summed E-state index contributed by atoms with van der Waals surface area (Å²) in [6.07, 6.45) is 1.53. The molecule has 2 N–H and O–H groups in total. The van der Waals surface area contributed by atoms with Crippen LogP contribution in [0.5, 0.6) is 11.5 Å². The Bertz CT molecular complexity index is 974. The van der Waals surface area contributed by atoms with Crippen LogP contribution in [0.2, 0.25) is 0 Å². The van der Waals surface area contributed by atoms with E-state index in [9.17, 15) is 4.79 Å². The Morgan fingerprint density at radius 2 is 1.85 bits per heavy atom. The van der Waals surface area contributed by atoms with Crippen molar-refractivity contribution in [2.75, 3.05) is 25.2 Å². The average Bonchev–Trinajstić information content (AvgIpc) is 3.12. The van der Waals surface area contributed by atoms with E-state index in [0.717, 1.165) is 39.3 Å². The van der Waals surface area contributed by atoms with E-state index in [2.05, 4.69) is 20.6 Å². The summed E-state index contributed by atoms with van der Waals surface area (Å²) in [7, 11) is 0. The van der Waals surface area contributed by atoms with E-state index in [0.29, 0.717) is 13.1 Å². The first kappa shape index (κ1) is 16.1. The minimum absolute atomic E-state index is 0.0514. The normalized spacial score (nSPS) is 12.2. The van der Waals surface area contributed by atoms with Gasteiger partial charge in [-0.05, 0) is 35.4 Å². The van der Waals surface area contributed by atoms with E-state index >= 15 is 0 Å². The quantitative estimate of drug-likeness (QED) is 0.688. The summed E-state index contributed by atoms with van der Waals surface area (Å²) < 4.78 is 10.8. The summed E-state index contributed by atoms with van der Waals surface area (Å²) in [6, 6.07) is 11.9. The summed E-state index contributed by atoms with van der Waals surface area (Å²) in [6.45, 7) is 2.87. The number of carbonyl (C=O) groups is 1. The minimum atomic E-state index is -0.0514. The maximum atomic E-state index is 11.0. The second-order valence-electron chi connectivity index (χ2n) is 5.93. The van der Waals surface area contributed by atoms with Crippen molar-refractivity contribution in [2.24, 2.45) is 0 Å². The lowest BCUT2D eigenvalue weighted by Gasteiger charge is -2.10. The van der Waals surface area contributed by atoms with Gasteiger partial charge in [0, 0.05) is 25.4 Å². The maximum absolute atomic E-state index is 11.0. The molecule has 7 heteroatoms. The lowest BCUT2D eigenvalue weighted by Crippen LogP contribution is -2.26. The van der Waals surface area contributed by atoms with Gasteiger partial charge in [-0.15, -0.1) is 0 Å². The molecule has 0 saturated heterocycles. The van der Waals surface area contributed by atoms with Crippen molar-refractivity contribution in [1.29, 1.82) is 0 Å². The molecule has 2 heterocycles. The first-order valence-corrected chi connectivity index (χ1v) is 8.34. The minimum Gasteiger partial charge on any atom is -0.454 e. The lowest BCUT2D eigenvalue weighted by atomic mass is 10.0. The summed E-state index contributed by atoms with van der Waals surface area (Å²) in [5.74, 6) is 2.20. The Balaban J connectivity index is 1.63. The van der Waals surface area contributed by atoms with Gasteiger partial charge >= 0.3 is 0 Å². The number of carbonyl (C=O) groups excluding carboxylic acids is 1. The molecule has 0 unspecified atom stereocenters. The lowest BCUT2D eigenvalue weighted by molar-refractivity contribution is -0.118. The molecule has 0 radical (unpaired) electrons. The fourth-order valence-electron chi connectivity index (χ4n) is 2.87. The molecule has 0 atom stereocenters. The zero-order chi connectivity index (χ0) is 17.9. The van der Waals surface area contributed by atoms with Crippen LogP contribution < -0.4 is 20.1 Å². The van der Waals surface area contributed by atoms with Crippen molar-refractivity contribution in [1.82, 2.24) is 15.3 Å². The standard InChI is InChI=1S/C19H18N4O3/c1-12(24)20-6-7-21-19-15-8-13(2-4-16(15)22-10-23-19)14-3-5-17-18(9-14)26-11-25-17/h2-5,8-10H,6-7,11H2,1H3,(H,20,24)(H,21,22,23). The van der Waals surface area contributed by atoms with Crippen molar-refractivity contribution in [3.63, 3.8) is 0 Å². The van der Waals surface area contributed by atoms with Crippen LogP contribution in [0.25, 0.3) is 22.0 Å². The van der Waals surface area contributed by atoms with Gasteiger partial charge in [-0.25, -0.2) is 9.97 Å². The number of anilines is 1. The SMILES string of the molecule is CC(=O)NCCNc1ncnc2ccc(-c3ccc4c(c3)OCO4)cc12. The first-order chi connectivity index (χ1) is 12.7.